The quantitative estimate of drug-likeness (QED) is 0.464. The van der Waals surface area contributed by atoms with Gasteiger partial charge >= 0.3 is 184 Å². The molecule has 0 saturated heterocycles. The van der Waals surface area contributed by atoms with Crippen LogP contribution >= 0.6 is 0 Å². The van der Waals surface area contributed by atoms with Crippen molar-refractivity contribution in [2.24, 2.45) is 7.05 Å². The average Bonchev–Trinajstić information content (AvgIpc) is 3.14. The molecule has 1 N–H and O–H groups in total. The summed E-state index contributed by atoms with van der Waals surface area (Å²) in [5.41, 5.74) is 7.29. The molecule has 1 aliphatic carbocycles. The first-order valence-corrected chi connectivity index (χ1v) is 21.5. The number of aromatic nitrogens is 1. The van der Waals surface area contributed by atoms with Crippen LogP contribution in [0.5, 0.6) is 5.75 Å². The molecule has 0 fully saturated rings. The van der Waals surface area contributed by atoms with Gasteiger partial charge in [-0.2, -0.15) is 0 Å². The molecule has 4 rings (SSSR count). The molecule has 2 aromatic carbocycles. The molecule has 0 saturated carbocycles. The zero-order valence-corrected chi connectivity index (χ0v) is 22.8. The van der Waals surface area contributed by atoms with Crippen LogP contribution in [-0.2, 0) is 21.9 Å². The van der Waals surface area contributed by atoms with Crippen molar-refractivity contribution in [3.8, 4) is 16.9 Å². The van der Waals surface area contributed by atoms with Gasteiger partial charge in [-0.15, -0.1) is 0 Å². The van der Waals surface area contributed by atoms with Crippen molar-refractivity contribution in [3.05, 3.63) is 53.7 Å². The Morgan fingerprint density at radius 1 is 1.07 bits per heavy atom. The van der Waals surface area contributed by atoms with E-state index in [9.17, 15) is 0 Å². The van der Waals surface area contributed by atoms with Gasteiger partial charge in [-0.25, -0.2) is 0 Å². The first-order valence-electron chi connectivity index (χ1n) is 11.1. The predicted octanol–water partition coefficient (Wildman–Crippen LogP) is 6.33. The van der Waals surface area contributed by atoms with Crippen LogP contribution in [-0.4, -0.2) is 23.9 Å². The minimum atomic E-state index is -3.20. The Morgan fingerprint density at radius 2 is 1.73 bits per heavy atom. The molecule has 0 spiro atoms. The minimum absolute atomic E-state index is 0.101. The summed E-state index contributed by atoms with van der Waals surface area (Å²) in [6.45, 7) is 11.1. The molecule has 0 bridgehead atoms. The van der Waals surface area contributed by atoms with E-state index in [1.165, 1.54) is 33.3 Å². The van der Waals surface area contributed by atoms with Crippen molar-refractivity contribution in [1.29, 1.82) is 0 Å². The van der Waals surface area contributed by atoms with Crippen molar-refractivity contribution in [2.75, 3.05) is 7.11 Å². The number of methoxy groups -OCH3 is 1. The van der Waals surface area contributed by atoms with E-state index in [1.54, 1.807) is 7.11 Å². The molecule has 1 unspecified atom stereocenters. The van der Waals surface area contributed by atoms with E-state index in [1.807, 2.05) is 0 Å². The third-order valence-corrected chi connectivity index (χ3v) is 36.0. The van der Waals surface area contributed by atoms with Crippen LogP contribution in [0.3, 0.4) is 0 Å². The van der Waals surface area contributed by atoms with E-state index in [2.05, 4.69) is 102 Å². The molecule has 3 aromatic rings. The number of nitrogens with zero attached hydrogens (tertiary/aromatic N) is 1. The average molecular weight is 458 g/mol. The van der Waals surface area contributed by atoms with Crippen molar-refractivity contribution in [1.82, 2.24) is 8.37 Å². The van der Waals surface area contributed by atoms with Crippen LogP contribution in [0.25, 0.3) is 22.0 Å². The summed E-state index contributed by atoms with van der Waals surface area (Å²) in [6.07, 6.45) is 0. The Kier molecular flexibility index (Phi) is 4.99. The van der Waals surface area contributed by atoms with E-state index in [0.29, 0.717) is 4.22 Å². The fraction of sp³-hybridized carbons (Fsp3) is 0.440. The Bertz CT molecular complexity index is 1140. The van der Waals surface area contributed by atoms with Gasteiger partial charge < -0.3 is 0 Å². The Hall–Kier alpha value is -1.33. The van der Waals surface area contributed by atoms with Crippen LogP contribution < -0.4 is 8.54 Å². The number of hydrogen-bond donors (Lipinski definition) is 1. The van der Waals surface area contributed by atoms with Gasteiger partial charge in [0.25, 0.3) is 0 Å². The zero-order chi connectivity index (χ0) is 22.1. The first kappa shape index (κ1) is 21.9. The van der Waals surface area contributed by atoms with Gasteiger partial charge in [0.15, 0.2) is 0 Å². The van der Waals surface area contributed by atoms with Crippen molar-refractivity contribution in [2.45, 2.75) is 54.1 Å². The van der Waals surface area contributed by atoms with Crippen LogP contribution in [0.1, 0.15) is 36.3 Å². The molecule has 1 aromatic heterocycles. The van der Waals surface area contributed by atoms with E-state index in [0.717, 1.165) is 5.75 Å². The van der Waals surface area contributed by atoms with E-state index in [-0.39, 0.29) is 5.54 Å². The van der Waals surface area contributed by atoms with Gasteiger partial charge in [-0.1, -0.05) is 0 Å². The van der Waals surface area contributed by atoms with Crippen LogP contribution in [0, 0.1) is 0 Å². The molecule has 1 atom stereocenters. The number of hydrogen-bond acceptors (Lipinski definition) is 2. The molecule has 1 aliphatic rings. The Labute approximate surface area is 183 Å². The van der Waals surface area contributed by atoms with Crippen molar-refractivity contribution in [3.63, 3.8) is 0 Å². The van der Waals surface area contributed by atoms with E-state index >= 15 is 0 Å². The standard InChI is InChI=1S/C17H14NO.C4H10N.C2H7Si.2CH3.Ti/c1-18-15-8-7-12(19-2)10-14(15)17-13-6-4-3-5-11(13)9-16(17)18;1-4(2,3)5;1-3-2;;;/h3-10H,1-2H3;5H,1-3H3;3H,1-2H3;2*1H3;/q;-1;;;;+1. The number of rotatable bonds is 4. The van der Waals surface area contributed by atoms with Gasteiger partial charge in [0, 0.05) is 0 Å². The first-order chi connectivity index (χ1) is 13.9. The summed E-state index contributed by atoms with van der Waals surface area (Å²) < 4.78 is 12.9. The number of benzene rings is 2. The molecule has 0 amide bonds. The molecule has 1 heterocycles. The third kappa shape index (κ3) is 3.07. The summed E-state index contributed by atoms with van der Waals surface area (Å²) in [6, 6.07) is 15.7. The van der Waals surface area contributed by atoms with E-state index < -0.39 is 21.5 Å². The van der Waals surface area contributed by atoms with Crippen molar-refractivity contribution < 1.29 is 19.6 Å². The Morgan fingerprint density at radius 3 is 2.33 bits per heavy atom. The molecule has 0 aliphatic heterocycles. The maximum atomic E-state index is 5.59. The van der Waals surface area contributed by atoms with Crippen LogP contribution in [0.2, 0.25) is 23.6 Å². The molecular formula is C25H37N2OSiTi. The normalized spacial score (nSPS) is 17.7. The molecule has 30 heavy (non-hydrogen) atoms. The third-order valence-electron chi connectivity index (χ3n) is 7.70. The second-order valence-corrected chi connectivity index (χ2v) is 35.9. The van der Waals surface area contributed by atoms with Gasteiger partial charge in [-0.3, -0.25) is 0 Å². The monoisotopic (exact) mass is 457 g/mol. The second kappa shape index (κ2) is 6.83. The molecule has 0 radical (unpaired) electrons. The molecule has 161 valence electrons. The van der Waals surface area contributed by atoms with Crippen LogP contribution in [0.15, 0.2) is 42.5 Å². The molecule has 5 heteroatoms. The topological polar surface area (TPSA) is 26.2 Å². The fourth-order valence-corrected chi connectivity index (χ4v) is 22.2. The molecular weight excluding hydrogens is 420 g/mol. The SMILES string of the molecule is COc1ccc2c(c1)c1c(n2C)[CH]([Ti]([CH3])([CH3])([NH]C(C)(C)C)[SiH](C)C)c2ccccc2-1. The Balaban J connectivity index is 2.12. The molecule has 3 nitrogen and oxygen atoms in total. The van der Waals surface area contributed by atoms with E-state index in [4.69, 9.17) is 4.74 Å². The predicted molar refractivity (Wildman–Crippen MR) is 130 cm³/mol. The second-order valence-electron chi connectivity index (χ2n) is 11.4. The number of nitrogens with one attached hydrogen (secondary N) is 1. The van der Waals surface area contributed by atoms with Crippen LogP contribution in [0.4, 0.5) is 0 Å². The van der Waals surface area contributed by atoms with Gasteiger partial charge in [0.05, 0.1) is 0 Å². The zero-order valence-electron chi connectivity index (χ0n) is 20.1. The summed E-state index contributed by atoms with van der Waals surface area (Å²) >= 11 is -3.20. The van der Waals surface area contributed by atoms with Crippen molar-refractivity contribution >= 4 is 17.6 Å². The summed E-state index contributed by atoms with van der Waals surface area (Å²) in [5, 5.41) is 6.67. The number of fused-ring (bicyclic) bond motifs is 5. The maximum absolute atomic E-state index is 5.59. The summed E-state index contributed by atoms with van der Waals surface area (Å²) in [7, 11) is 4.02. The number of aryl methyl sites for hydroxylation is 1. The van der Waals surface area contributed by atoms with Gasteiger partial charge in [0.2, 0.25) is 0 Å². The fourth-order valence-electron chi connectivity index (χ4n) is 5.95. The summed E-state index contributed by atoms with van der Waals surface area (Å²) in [5.74, 6) is 0.929. The number of ether oxygens (including phenoxy) is 1. The summed E-state index contributed by atoms with van der Waals surface area (Å²) in [4.78, 5) is 0. The van der Waals surface area contributed by atoms with Gasteiger partial charge in [-0.05, 0) is 0 Å². The van der Waals surface area contributed by atoms with Gasteiger partial charge in [0.1, 0.15) is 0 Å².